The Morgan fingerprint density at radius 2 is 1.73 bits per heavy atom. The van der Waals surface area contributed by atoms with Crippen LogP contribution in [0.5, 0.6) is 11.5 Å². The van der Waals surface area contributed by atoms with E-state index >= 15 is 0 Å². The molecule has 0 radical (unpaired) electrons. The van der Waals surface area contributed by atoms with Gasteiger partial charge in [0.25, 0.3) is 0 Å². The summed E-state index contributed by atoms with van der Waals surface area (Å²) in [6.45, 7) is 10.1. The number of ether oxygens (including phenoxy) is 3. The Balaban J connectivity index is 2.33. The normalized spacial score (nSPS) is 12.8. The van der Waals surface area contributed by atoms with E-state index < -0.39 is 18.0 Å². The number of carboxylic acids is 1. The molecule has 0 aliphatic heterocycles. The van der Waals surface area contributed by atoms with E-state index in [4.69, 9.17) is 19.3 Å². The van der Waals surface area contributed by atoms with Gasteiger partial charge in [-0.15, -0.1) is 0 Å². The lowest BCUT2D eigenvalue weighted by atomic mass is 9.84. The van der Waals surface area contributed by atoms with Gasteiger partial charge in [0.05, 0.1) is 27.1 Å². The number of carbonyl (C=O) groups excluding carboxylic acids is 2. The number of esters is 1. The van der Waals surface area contributed by atoms with Crippen molar-refractivity contribution in [3.05, 3.63) is 53.1 Å². The molecule has 0 aliphatic rings. The molecule has 8 heteroatoms. The first-order valence-corrected chi connectivity index (χ1v) is 14.0. The summed E-state index contributed by atoms with van der Waals surface area (Å²) in [4.78, 5) is 36.4. The predicted octanol–water partition coefficient (Wildman–Crippen LogP) is 7.16. The van der Waals surface area contributed by atoms with E-state index in [9.17, 15) is 14.4 Å². The molecule has 0 bridgehead atoms. The Morgan fingerprint density at radius 1 is 1.00 bits per heavy atom. The van der Waals surface area contributed by atoms with Crippen LogP contribution in [0.3, 0.4) is 0 Å². The number of hydrogen-bond acceptors (Lipinski definition) is 6. The van der Waals surface area contributed by atoms with E-state index in [0.29, 0.717) is 22.7 Å². The molecule has 0 saturated heterocycles. The lowest BCUT2D eigenvalue weighted by molar-refractivity contribution is -0.151. The highest BCUT2D eigenvalue weighted by Crippen LogP contribution is 2.40. The molecule has 0 heterocycles. The molecule has 2 aromatic rings. The molecule has 220 valence electrons. The topological polar surface area (TPSA) is 111 Å². The molecule has 40 heavy (non-hydrogen) atoms. The van der Waals surface area contributed by atoms with Gasteiger partial charge in [-0.1, -0.05) is 71.2 Å². The number of para-hydroxylation sites is 1. The molecule has 0 saturated carbocycles. The summed E-state index contributed by atoms with van der Waals surface area (Å²) in [5.74, 6) is -0.538. The van der Waals surface area contributed by atoms with Crippen LogP contribution in [0.4, 0.5) is 5.69 Å². The van der Waals surface area contributed by atoms with Crippen molar-refractivity contribution in [1.29, 1.82) is 0 Å². The molecule has 0 fully saturated rings. The number of rotatable bonds is 15. The Bertz CT molecular complexity index is 1150. The minimum atomic E-state index is -1.05. The summed E-state index contributed by atoms with van der Waals surface area (Å²) in [6.07, 6.45) is 3.15. The van der Waals surface area contributed by atoms with Crippen LogP contribution in [0.1, 0.15) is 108 Å². The third kappa shape index (κ3) is 9.57. The fraction of sp³-hybridized carbons (Fsp3) is 0.531. The Hall–Kier alpha value is -3.55. The number of hydrogen-bond donors (Lipinski definition) is 2. The summed E-state index contributed by atoms with van der Waals surface area (Å²) in [5, 5.41) is 12.0. The number of nitrogens with one attached hydrogen (secondary N) is 1. The van der Waals surface area contributed by atoms with E-state index in [1.54, 1.807) is 21.1 Å². The Morgan fingerprint density at radius 3 is 2.33 bits per heavy atom. The van der Waals surface area contributed by atoms with Crippen molar-refractivity contribution in [3.63, 3.8) is 0 Å². The van der Waals surface area contributed by atoms with Crippen molar-refractivity contribution < 1.29 is 33.7 Å². The first-order chi connectivity index (χ1) is 18.9. The van der Waals surface area contributed by atoms with Gasteiger partial charge in [-0.3, -0.25) is 14.4 Å². The van der Waals surface area contributed by atoms with Crippen LogP contribution < -0.4 is 14.8 Å². The Kier molecular flexibility index (Phi) is 12.5. The van der Waals surface area contributed by atoms with Crippen molar-refractivity contribution in [2.45, 2.75) is 97.0 Å². The average Bonchev–Trinajstić information content (AvgIpc) is 2.90. The molecule has 2 N–H and O–H groups in total. The fourth-order valence-corrected chi connectivity index (χ4v) is 4.77. The average molecular weight is 556 g/mol. The lowest BCUT2D eigenvalue weighted by Gasteiger charge is -2.26. The van der Waals surface area contributed by atoms with Gasteiger partial charge in [-0.2, -0.15) is 0 Å². The molecular weight excluding hydrogens is 510 g/mol. The van der Waals surface area contributed by atoms with Gasteiger partial charge in [0, 0.05) is 17.7 Å². The van der Waals surface area contributed by atoms with Gasteiger partial charge in [0.2, 0.25) is 5.91 Å². The number of methoxy groups -OCH3 is 2. The number of aliphatic carboxylic acids is 1. The number of anilines is 1. The van der Waals surface area contributed by atoms with E-state index in [1.807, 2.05) is 36.4 Å². The molecule has 2 unspecified atom stereocenters. The lowest BCUT2D eigenvalue weighted by Crippen LogP contribution is -2.21. The SMILES string of the molecule is CCCCCC(CC(=O)Nc1cc(C(C)OC(=O)CCC(=O)O)ccc1C(C)(C)C)c1cccc(OC)c1OC. The highest BCUT2D eigenvalue weighted by Gasteiger charge is 2.25. The third-order valence-corrected chi connectivity index (χ3v) is 6.91. The van der Waals surface area contributed by atoms with Crippen molar-refractivity contribution in [2.24, 2.45) is 0 Å². The van der Waals surface area contributed by atoms with Crippen LogP contribution in [0, 0.1) is 0 Å². The predicted molar refractivity (Wildman–Crippen MR) is 156 cm³/mol. The third-order valence-electron chi connectivity index (χ3n) is 6.91. The highest BCUT2D eigenvalue weighted by atomic mass is 16.5. The number of benzene rings is 2. The summed E-state index contributed by atoms with van der Waals surface area (Å²) in [7, 11) is 3.22. The molecule has 1 amide bonds. The van der Waals surface area contributed by atoms with Crippen molar-refractivity contribution in [3.8, 4) is 11.5 Å². The first-order valence-electron chi connectivity index (χ1n) is 14.0. The maximum Gasteiger partial charge on any atom is 0.306 e. The van der Waals surface area contributed by atoms with Gasteiger partial charge >= 0.3 is 11.9 Å². The zero-order valence-electron chi connectivity index (χ0n) is 25.0. The maximum atomic E-state index is 13.5. The number of carboxylic acid groups (broad SMARTS) is 1. The van der Waals surface area contributed by atoms with Crippen molar-refractivity contribution in [2.75, 3.05) is 19.5 Å². The number of amides is 1. The second kappa shape index (κ2) is 15.3. The van der Waals surface area contributed by atoms with E-state index in [2.05, 4.69) is 33.0 Å². The van der Waals surface area contributed by atoms with Gasteiger partial charge in [-0.05, 0) is 47.9 Å². The van der Waals surface area contributed by atoms with E-state index in [0.717, 1.165) is 36.8 Å². The minimum absolute atomic E-state index is 0.0630. The fourth-order valence-electron chi connectivity index (χ4n) is 4.77. The zero-order chi connectivity index (χ0) is 29.9. The van der Waals surface area contributed by atoms with Gasteiger partial charge in [0.15, 0.2) is 11.5 Å². The molecule has 0 aliphatic carbocycles. The van der Waals surface area contributed by atoms with Crippen LogP contribution in [-0.2, 0) is 24.5 Å². The molecule has 2 rings (SSSR count). The van der Waals surface area contributed by atoms with Crippen LogP contribution in [0.2, 0.25) is 0 Å². The monoisotopic (exact) mass is 555 g/mol. The second-order valence-electron chi connectivity index (χ2n) is 11.1. The number of unbranched alkanes of at least 4 members (excludes halogenated alkanes) is 2. The Labute approximate surface area is 238 Å². The van der Waals surface area contributed by atoms with Crippen LogP contribution >= 0.6 is 0 Å². The maximum absolute atomic E-state index is 13.5. The first kappa shape index (κ1) is 32.7. The summed E-state index contributed by atoms with van der Waals surface area (Å²) >= 11 is 0. The van der Waals surface area contributed by atoms with Crippen LogP contribution in [0.15, 0.2) is 36.4 Å². The summed E-state index contributed by atoms with van der Waals surface area (Å²) < 4.78 is 16.7. The standard InChI is InChI=1S/C32H45NO7/c1-8-9-10-12-23(24-13-11-14-27(38-6)31(24)39-7)20-28(34)33-26-19-22(15-16-25(26)32(3,4)5)21(2)40-30(37)18-17-29(35)36/h11,13-16,19,21,23H,8-10,12,17-18,20H2,1-7H3,(H,33,34)(H,35,36). The summed E-state index contributed by atoms with van der Waals surface area (Å²) in [5.41, 5.74) is 3.02. The van der Waals surface area contributed by atoms with Crippen molar-refractivity contribution >= 4 is 23.5 Å². The van der Waals surface area contributed by atoms with Crippen LogP contribution in [0.25, 0.3) is 0 Å². The van der Waals surface area contributed by atoms with Crippen molar-refractivity contribution in [1.82, 2.24) is 0 Å². The second-order valence-corrected chi connectivity index (χ2v) is 11.1. The van der Waals surface area contributed by atoms with Crippen LogP contribution in [-0.4, -0.2) is 37.2 Å². The number of carbonyl (C=O) groups is 3. The smallest absolute Gasteiger partial charge is 0.306 e. The van der Waals surface area contributed by atoms with Gasteiger partial charge in [-0.25, -0.2) is 0 Å². The zero-order valence-corrected chi connectivity index (χ0v) is 25.0. The molecule has 2 aromatic carbocycles. The molecule has 8 nitrogen and oxygen atoms in total. The minimum Gasteiger partial charge on any atom is -0.493 e. The van der Waals surface area contributed by atoms with E-state index in [1.165, 1.54) is 0 Å². The van der Waals surface area contributed by atoms with Gasteiger partial charge in [0.1, 0.15) is 6.10 Å². The largest absolute Gasteiger partial charge is 0.493 e. The highest BCUT2D eigenvalue weighted by molar-refractivity contribution is 5.92. The molecule has 0 aromatic heterocycles. The summed E-state index contributed by atoms with van der Waals surface area (Å²) in [6, 6.07) is 11.4. The molecular formula is C32H45NO7. The quantitative estimate of drug-likeness (QED) is 0.177. The van der Waals surface area contributed by atoms with Gasteiger partial charge < -0.3 is 24.6 Å². The van der Waals surface area contributed by atoms with E-state index in [-0.39, 0.29) is 36.5 Å². The molecule has 2 atom stereocenters. The molecule has 0 spiro atoms.